The third kappa shape index (κ3) is 5.71. The number of hydrogen-bond acceptors (Lipinski definition) is 8. The molecule has 9 nitrogen and oxygen atoms in total. The number of primary sulfonamides is 1. The summed E-state index contributed by atoms with van der Waals surface area (Å²) in [7, 11) is -4.18. The largest absolute Gasteiger partial charge is 0.467 e. The molecule has 1 aromatic carbocycles. The number of furan rings is 1. The summed E-state index contributed by atoms with van der Waals surface area (Å²) < 4.78 is 38.1. The highest BCUT2D eigenvalue weighted by Gasteiger charge is 2.22. The van der Waals surface area contributed by atoms with Gasteiger partial charge in [0.05, 0.1) is 35.7 Å². The van der Waals surface area contributed by atoms with E-state index in [0.29, 0.717) is 5.76 Å². The maximum atomic E-state index is 12.4. The Bertz CT molecular complexity index is 926. The molecule has 0 atom stereocenters. The molecule has 27 heavy (non-hydrogen) atoms. The Balaban J connectivity index is 2.31. The topological polar surface area (TPSA) is 138 Å². The summed E-state index contributed by atoms with van der Waals surface area (Å²) in [4.78, 5) is 23.3. The first-order valence-corrected chi connectivity index (χ1v) is 9.60. The van der Waals surface area contributed by atoms with Crippen molar-refractivity contribution in [3.8, 4) is 0 Å². The van der Waals surface area contributed by atoms with Crippen LogP contribution in [0.4, 0.5) is 5.69 Å². The van der Waals surface area contributed by atoms with Gasteiger partial charge in [0.2, 0.25) is 10.0 Å². The lowest BCUT2D eigenvalue weighted by molar-refractivity contribution is -0.146. The van der Waals surface area contributed by atoms with Gasteiger partial charge in [-0.1, -0.05) is 11.6 Å². The molecule has 1 aromatic heterocycles. The van der Waals surface area contributed by atoms with E-state index < -0.39 is 33.5 Å². The van der Waals surface area contributed by atoms with Crippen LogP contribution in [0.15, 0.2) is 39.8 Å². The van der Waals surface area contributed by atoms with Crippen molar-refractivity contribution in [1.82, 2.24) is 0 Å². The fourth-order valence-electron chi connectivity index (χ4n) is 2.09. The highest BCUT2D eigenvalue weighted by molar-refractivity contribution is 7.89. The fraction of sp³-hybridized carbons (Fsp3) is 0.250. The number of benzene rings is 1. The van der Waals surface area contributed by atoms with Gasteiger partial charge < -0.3 is 19.2 Å². The predicted octanol–water partition coefficient (Wildman–Crippen LogP) is 1.91. The van der Waals surface area contributed by atoms with Crippen LogP contribution in [0.1, 0.15) is 23.0 Å². The number of ether oxygens (including phenoxy) is 2. The molecule has 0 aliphatic carbocycles. The molecule has 1 heterocycles. The molecule has 0 amide bonds. The van der Waals surface area contributed by atoms with Crippen molar-refractivity contribution in [2.75, 3.05) is 18.5 Å². The van der Waals surface area contributed by atoms with Crippen molar-refractivity contribution in [1.29, 1.82) is 0 Å². The molecular formula is C16H17ClN2O7S. The molecule has 11 heteroatoms. The molecular weight excluding hydrogens is 400 g/mol. The molecule has 0 saturated heterocycles. The minimum atomic E-state index is -4.18. The molecule has 2 aromatic rings. The van der Waals surface area contributed by atoms with Crippen molar-refractivity contribution < 1.29 is 31.9 Å². The van der Waals surface area contributed by atoms with Crippen molar-refractivity contribution >= 4 is 39.3 Å². The Labute approximate surface area is 160 Å². The van der Waals surface area contributed by atoms with E-state index in [1.54, 1.807) is 19.1 Å². The molecule has 0 unspecified atom stereocenters. The second-order valence-corrected chi connectivity index (χ2v) is 7.12. The summed E-state index contributed by atoms with van der Waals surface area (Å²) >= 11 is 5.97. The number of carbonyl (C=O) groups is 2. The maximum absolute atomic E-state index is 12.4. The number of hydrogen-bond donors (Lipinski definition) is 2. The lowest BCUT2D eigenvalue weighted by Gasteiger charge is -2.13. The van der Waals surface area contributed by atoms with E-state index in [1.165, 1.54) is 12.3 Å². The van der Waals surface area contributed by atoms with Gasteiger partial charge >= 0.3 is 11.9 Å². The Morgan fingerprint density at radius 2 is 2.04 bits per heavy atom. The Morgan fingerprint density at radius 1 is 1.30 bits per heavy atom. The zero-order chi connectivity index (χ0) is 20.0. The van der Waals surface area contributed by atoms with Crippen LogP contribution in [0.5, 0.6) is 0 Å². The fourth-order valence-corrected chi connectivity index (χ4v) is 3.19. The molecule has 0 bridgehead atoms. The Kier molecular flexibility index (Phi) is 6.83. The number of nitrogens with two attached hydrogens (primary N) is 1. The maximum Gasteiger partial charge on any atom is 0.344 e. The average Bonchev–Trinajstić information content (AvgIpc) is 3.10. The number of carbonyl (C=O) groups excluding carboxylic acids is 2. The van der Waals surface area contributed by atoms with Gasteiger partial charge in [-0.05, 0) is 31.2 Å². The third-order valence-electron chi connectivity index (χ3n) is 3.26. The SMILES string of the molecule is CCOC(=O)COC(=O)c1cc(S(N)(=O)=O)c(Cl)cc1NCc1ccco1. The molecule has 0 saturated carbocycles. The summed E-state index contributed by atoms with van der Waals surface area (Å²) in [6.07, 6.45) is 1.47. The normalized spacial score (nSPS) is 11.1. The number of halogens is 1. The van der Waals surface area contributed by atoms with E-state index in [1.807, 2.05) is 0 Å². The standard InChI is InChI=1S/C16H17ClN2O7S/c1-2-24-15(20)9-26-16(21)11-6-14(27(18,22)23)12(17)7-13(11)19-8-10-4-3-5-25-10/h3-7,19H,2,8-9H2,1H3,(H2,18,22,23). The lowest BCUT2D eigenvalue weighted by atomic mass is 10.1. The van der Waals surface area contributed by atoms with Gasteiger partial charge in [0.25, 0.3) is 0 Å². The van der Waals surface area contributed by atoms with Gasteiger partial charge in [0.15, 0.2) is 6.61 Å². The first kappa shape index (κ1) is 20.7. The molecule has 0 spiro atoms. The smallest absolute Gasteiger partial charge is 0.344 e. The minimum Gasteiger partial charge on any atom is -0.467 e. The summed E-state index contributed by atoms with van der Waals surface area (Å²) in [5.74, 6) is -1.13. The van der Waals surface area contributed by atoms with Crippen LogP contribution < -0.4 is 10.5 Å². The number of anilines is 1. The summed E-state index contributed by atoms with van der Waals surface area (Å²) in [5.41, 5.74) is 0.0111. The second kappa shape index (κ2) is 8.89. The molecule has 2 rings (SSSR count). The second-order valence-electron chi connectivity index (χ2n) is 5.19. The Morgan fingerprint density at radius 3 is 2.63 bits per heavy atom. The first-order chi connectivity index (χ1) is 12.7. The van der Waals surface area contributed by atoms with E-state index >= 15 is 0 Å². The van der Waals surface area contributed by atoms with Gasteiger partial charge in [-0.2, -0.15) is 0 Å². The molecule has 146 valence electrons. The van der Waals surface area contributed by atoms with Gasteiger partial charge in [-0.15, -0.1) is 0 Å². The van der Waals surface area contributed by atoms with E-state index in [4.69, 9.17) is 25.9 Å². The zero-order valence-electron chi connectivity index (χ0n) is 14.2. The van der Waals surface area contributed by atoms with Gasteiger partial charge in [-0.3, -0.25) is 0 Å². The highest BCUT2D eigenvalue weighted by atomic mass is 35.5. The highest BCUT2D eigenvalue weighted by Crippen LogP contribution is 2.29. The minimum absolute atomic E-state index is 0.128. The van der Waals surface area contributed by atoms with Crippen molar-refractivity contribution in [2.45, 2.75) is 18.4 Å². The summed E-state index contributed by atoms with van der Waals surface area (Å²) in [6.45, 7) is 1.30. The van der Waals surface area contributed by atoms with Gasteiger partial charge in [0, 0.05) is 0 Å². The molecule has 0 aliphatic heterocycles. The van der Waals surface area contributed by atoms with Crippen molar-refractivity contribution in [3.63, 3.8) is 0 Å². The van der Waals surface area contributed by atoms with Crippen LogP contribution in [0.25, 0.3) is 0 Å². The number of nitrogens with one attached hydrogen (secondary N) is 1. The van der Waals surface area contributed by atoms with Crippen LogP contribution in [0.2, 0.25) is 5.02 Å². The number of esters is 2. The van der Waals surface area contributed by atoms with Crippen LogP contribution in [0, 0.1) is 0 Å². The zero-order valence-corrected chi connectivity index (χ0v) is 15.8. The van der Waals surface area contributed by atoms with Crippen molar-refractivity contribution in [2.24, 2.45) is 5.14 Å². The average molecular weight is 417 g/mol. The quantitative estimate of drug-likeness (QED) is 0.622. The van der Waals surface area contributed by atoms with Crippen molar-refractivity contribution in [3.05, 3.63) is 46.9 Å². The number of rotatable bonds is 8. The lowest BCUT2D eigenvalue weighted by Crippen LogP contribution is -2.19. The van der Waals surface area contributed by atoms with Gasteiger partial charge in [-0.25, -0.2) is 23.1 Å². The van der Waals surface area contributed by atoms with Crippen LogP contribution in [0.3, 0.4) is 0 Å². The summed E-state index contributed by atoms with van der Waals surface area (Å²) in [6, 6.07) is 5.59. The molecule has 0 aliphatic rings. The molecule has 0 radical (unpaired) electrons. The third-order valence-corrected chi connectivity index (χ3v) is 4.63. The van der Waals surface area contributed by atoms with Crippen LogP contribution in [-0.4, -0.2) is 33.6 Å². The monoisotopic (exact) mass is 416 g/mol. The van der Waals surface area contributed by atoms with E-state index in [9.17, 15) is 18.0 Å². The van der Waals surface area contributed by atoms with E-state index in [2.05, 4.69) is 10.1 Å². The number of sulfonamides is 1. The molecule has 0 fully saturated rings. The van der Waals surface area contributed by atoms with E-state index in [-0.39, 0.29) is 29.4 Å². The summed E-state index contributed by atoms with van der Waals surface area (Å²) in [5, 5.41) is 7.83. The predicted molar refractivity (Wildman–Crippen MR) is 95.8 cm³/mol. The molecule has 3 N–H and O–H groups in total. The Hall–Kier alpha value is -2.56. The van der Waals surface area contributed by atoms with Crippen LogP contribution in [-0.2, 0) is 30.8 Å². The van der Waals surface area contributed by atoms with Gasteiger partial charge in [0.1, 0.15) is 10.7 Å². The van der Waals surface area contributed by atoms with Crippen LogP contribution >= 0.6 is 11.6 Å². The van der Waals surface area contributed by atoms with E-state index in [0.717, 1.165) is 6.07 Å². The first-order valence-electron chi connectivity index (χ1n) is 7.67.